The fourth-order valence-electron chi connectivity index (χ4n) is 2.13. The van der Waals surface area contributed by atoms with Gasteiger partial charge in [0.05, 0.1) is 0 Å². The van der Waals surface area contributed by atoms with Gasteiger partial charge in [0.15, 0.2) is 5.17 Å². The van der Waals surface area contributed by atoms with E-state index in [9.17, 15) is 0 Å². The summed E-state index contributed by atoms with van der Waals surface area (Å²) in [5, 5.41) is 4.66. The summed E-state index contributed by atoms with van der Waals surface area (Å²) in [7, 11) is 2.14. The van der Waals surface area contributed by atoms with Crippen molar-refractivity contribution in [2.75, 3.05) is 30.8 Å². The third kappa shape index (κ3) is 4.17. The molecule has 1 unspecified atom stereocenters. The van der Waals surface area contributed by atoms with E-state index in [0.717, 1.165) is 36.9 Å². The van der Waals surface area contributed by atoms with Crippen LogP contribution in [-0.4, -0.2) is 36.6 Å². The van der Waals surface area contributed by atoms with Crippen molar-refractivity contribution >= 4 is 22.6 Å². The number of nitrogens with one attached hydrogen (secondary N) is 1. The van der Waals surface area contributed by atoms with E-state index in [1.165, 1.54) is 5.69 Å². The SMILES string of the molecule is CCC1(C)CSC(=NCCCN(C)c2ccccc2)N1. The first-order chi connectivity index (χ1) is 9.63. The Bertz CT molecular complexity index is 446. The summed E-state index contributed by atoms with van der Waals surface area (Å²) in [5.74, 6) is 1.13. The average Bonchev–Trinajstić information content (AvgIpc) is 2.87. The lowest BCUT2D eigenvalue weighted by molar-refractivity contribution is 0.466. The Hall–Kier alpha value is -1.16. The number of aliphatic imine (C=N–C) groups is 1. The second-order valence-electron chi connectivity index (χ2n) is 5.63. The number of hydrogen-bond donors (Lipinski definition) is 1. The van der Waals surface area contributed by atoms with E-state index in [0.29, 0.717) is 0 Å². The van der Waals surface area contributed by atoms with Gasteiger partial charge in [0, 0.05) is 37.1 Å². The molecule has 0 radical (unpaired) electrons. The van der Waals surface area contributed by atoms with Crippen LogP contribution < -0.4 is 10.2 Å². The molecule has 1 aliphatic heterocycles. The maximum atomic E-state index is 4.67. The highest BCUT2D eigenvalue weighted by Gasteiger charge is 2.30. The van der Waals surface area contributed by atoms with E-state index in [4.69, 9.17) is 0 Å². The second kappa shape index (κ2) is 7.02. The highest BCUT2D eigenvalue weighted by molar-refractivity contribution is 8.14. The van der Waals surface area contributed by atoms with Crippen LogP contribution >= 0.6 is 11.8 Å². The summed E-state index contributed by atoms with van der Waals surface area (Å²) in [6.07, 6.45) is 2.23. The zero-order valence-electron chi connectivity index (χ0n) is 12.7. The van der Waals surface area contributed by atoms with Crippen molar-refractivity contribution in [2.24, 2.45) is 4.99 Å². The van der Waals surface area contributed by atoms with E-state index in [-0.39, 0.29) is 5.54 Å². The van der Waals surface area contributed by atoms with Crippen LogP contribution in [0.1, 0.15) is 26.7 Å². The maximum Gasteiger partial charge on any atom is 0.157 e. The number of rotatable bonds is 6. The highest BCUT2D eigenvalue weighted by atomic mass is 32.2. The number of amidine groups is 1. The standard InChI is InChI=1S/C16H25N3S/c1-4-16(2)13-20-15(18-16)17-11-8-12-19(3)14-9-6-5-7-10-14/h5-7,9-10H,4,8,11-13H2,1-3H3,(H,17,18). The van der Waals surface area contributed by atoms with Gasteiger partial charge in [0.1, 0.15) is 0 Å². The monoisotopic (exact) mass is 291 g/mol. The number of para-hydroxylation sites is 1. The van der Waals surface area contributed by atoms with Crippen LogP contribution in [0, 0.1) is 0 Å². The Kier molecular flexibility index (Phi) is 5.35. The minimum atomic E-state index is 0.240. The molecule has 0 spiro atoms. The molecule has 2 rings (SSSR count). The second-order valence-corrected chi connectivity index (χ2v) is 6.59. The van der Waals surface area contributed by atoms with E-state index >= 15 is 0 Å². The Labute approximate surface area is 126 Å². The van der Waals surface area contributed by atoms with Crippen LogP contribution in [0.2, 0.25) is 0 Å². The topological polar surface area (TPSA) is 27.6 Å². The molecule has 0 aromatic heterocycles. The van der Waals surface area contributed by atoms with Crippen molar-refractivity contribution in [1.29, 1.82) is 0 Å². The minimum absolute atomic E-state index is 0.240. The van der Waals surface area contributed by atoms with E-state index in [2.05, 4.69) is 66.4 Å². The van der Waals surface area contributed by atoms with Crippen molar-refractivity contribution in [3.63, 3.8) is 0 Å². The lowest BCUT2D eigenvalue weighted by atomic mass is 10.0. The molecule has 20 heavy (non-hydrogen) atoms. The van der Waals surface area contributed by atoms with Gasteiger partial charge in [-0.3, -0.25) is 4.99 Å². The van der Waals surface area contributed by atoms with Gasteiger partial charge in [0.25, 0.3) is 0 Å². The molecule has 0 aliphatic carbocycles. The Morgan fingerprint density at radius 3 is 2.75 bits per heavy atom. The van der Waals surface area contributed by atoms with Gasteiger partial charge in [-0.15, -0.1) is 0 Å². The average molecular weight is 291 g/mol. The van der Waals surface area contributed by atoms with Gasteiger partial charge in [0.2, 0.25) is 0 Å². The fraction of sp³-hybridized carbons (Fsp3) is 0.562. The molecule has 0 saturated carbocycles. The Balaban J connectivity index is 1.72. The van der Waals surface area contributed by atoms with E-state index < -0.39 is 0 Å². The van der Waals surface area contributed by atoms with Crippen LogP contribution in [0.5, 0.6) is 0 Å². The van der Waals surface area contributed by atoms with Crippen LogP contribution in [0.25, 0.3) is 0 Å². The van der Waals surface area contributed by atoms with Crippen molar-refractivity contribution < 1.29 is 0 Å². The summed E-state index contributed by atoms with van der Waals surface area (Å²) in [6, 6.07) is 10.5. The molecule has 1 atom stereocenters. The molecule has 0 bridgehead atoms. The van der Waals surface area contributed by atoms with Crippen molar-refractivity contribution in [1.82, 2.24) is 5.32 Å². The normalized spacial score (nSPS) is 23.9. The molecule has 1 fully saturated rings. The summed E-state index contributed by atoms with van der Waals surface area (Å²) in [4.78, 5) is 6.96. The first-order valence-electron chi connectivity index (χ1n) is 7.34. The maximum absolute atomic E-state index is 4.67. The molecule has 4 heteroatoms. The van der Waals surface area contributed by atoms with E-state index in [1.54, 1.807) is 0 Å². The summed E-state index contributed by atoms with van der Waals surface area (Å²) >= 11 is 1.85. The largest absolute Gasteiger partial charge is 0.375 e. The number of anilines is 1. The third-order valence-corrected chi connectivity index (χ3v) is 5.11. The molecule has 1 saturated heterocycles. The molecule has 110 valence electrons. The smallest absolute Gasteiger partial charge is 0.157 e. The number of nitrogens with zero attached hydrogens (tertiary/aromatic N) is 2. The molecular formula is C16H25N3S. The lowest BCUT2D eigenvalue weighted by Gasteiger charge is -2.21. The zero-order valence-corrected chi connectivity index (χ0v) is 13.5. The van der Waals surface area contributed by atoms with Crippen molar-refractivity contribution in [2.45, 2.75) is 32.2 Å². The quantitative estimate of drug-likeness (QED) is 0.814. The van der Waals surface area contributed by atoms with Crippen LogP contribution in [-0.2, 0) is 0 Å². The van der Waals surface area contributed by atoms with Crippen LogP contribution in [0.4, 0.5) is 5.69 Å². The van der Waals surface area contributed by atoms with Gasteiger partial charge in [-0.2, -0.15) is 0 Å². The number of benzene rings is 1. The molecule has 1 aliphatic rings. The van der Waals surface area contributed by atoms with E-state index in [1.807, 2.05) is 11.8 Å². The van der Waals surface area contributed by atoms with Gasteiger partial charge in [-0.1, -0.05) is 36.9 Å². The Morgan fingerprint density at radius 1 is 1.35 bits per heavy atom. The van der Waals surface area contributed by atoms with Gasteiger partial charge in [-0.05, 0) is 31.9 Å². The van der Waals surface area contributed by atoms with Crippen molar-refractivity contribution in [3.8, 4) is 0 Å². The predicted molar refractivity (Wildman–Crippen MR) is 90.9 cm³/mol. The molecule has 1 aromatic rings. The predicted octanol–water partition coefficient (Wildman–Crippen LogP) is 3.37. The highest BCUT2D eigenvalue weighted by Crippen LogP contribution is 2.25. The molecule has 3 nitrogen and oxygen atoms in total. The molecule has 0 amide bonds. The zero-order chi connectivity index (χ0) is 14.4. The van der Waals surface area contributed by atoms with Crippen molar-refractivity contribution in [3.05, 3.63) is 30.3 Å². The molecular weight excluding hydrogens is 266 g/mol. The summed E-state index contributed by atoms with van der Waals surface area (Å²) in [6.45, 7) is 6.43. The molecule has 1 heterocycles. The minimum Gasteiger partial charge on any atom is -0.375 e. The number of hydrogen-bond acceptors (Lipinski definition) is 3. The molecule has 1 aromatic carbocycles. The van der Waals surface area contributed by atoms with Crippen LogP contribution in [0.15, 0.2) is 35.3 Å². The van der Waals surface area contributed by atoms with Gasteiger partial charge >= 0.3 is 0 Å². The lowest BCUT2D eigenvalue weighted by Crippen LogP contribution is -2.39. The fourth-order valence-corrected chi connectivity index (χ4v) is 3.37. The van der Waals surface area contributed by atoms with Gasteiger partial charge in [-0.25, -0.2) is 0 Å². The molecule has 1 N–H and O–H groups in total. The first-order valence-corrected chi connectivity index (χ1v) is 8.33. The van der Waals surface area contributed by atoms with Gasteiger partial charge < -0.3 is 10.2 Å². The Morgan fingerprint density at radius 2 is 2.10 bits per heavy atom. The summed E-state index contributed by atoms with van der Waals surface area (Å²) in [5.41, 5.74) is 1.51. The third-order valence-electron chi connectivity index (χ3n) is 3.82. The van der Waals surface area contributed by atoms with Crippen LogP contribution in [0.3, 0.4) is 0 Å². The summed E-state index contributed by atoms with van der Waals surface area (Å²) < 4.78 is 0. The number of thioether (sulfide) groups is 1. The first kappa shape index (κ1) is 15.2.